The van der Waals surface area contributed by atoms with Crippen molar-refractivity contribution in [3.63, 3.8) is 0 Å². The molecule has 1 aliphatic heterocycles. The third-order valence-corrected chi connectivity index (χ3v) is 5.87. The predicted octanol–water partition coefficient (Wildman–Crippen LogP) is 5.22. The van der Waals surface area contributed by atoms with Crippen molar-refractivity contribution >= 4 is 28.5 Å². The average Bonchev–Trinajstić information content (AvgIpc) is 3.38. The van der Waals surface area contributed by atoms with Crippen molar-refractivity contribution < 1.29 is 23.0 Å². The van der Waals surface area contributed by atoms with Crippen LogP contribution >= 0.6 is 11.6 Å². The molecule has 168 valence electrons. The van der Waals surface area contributed by atoms with Gasteiger partial charge in [-0.2, -0.15) is 0 Å². The van der Waals surface area contributed by atoms with Crippen molar-refractivity contribution in [2.75, 3.05) is 13.9 Å². The van der Waals surface area contributed by atoms with Crippen molar-refractivity contribution in [1.29, 1.82) is 0 Å². The fourth-order valence-corrected chi connectivity index (χ4v) is 4.27. The van der Waals surface area contributed by atoms with Crippen LogP contribution in [-0.4, -0.2) is 34.7 Å². The number of nitrogens with one attached hydrogen (secondary N) is 1. The molecule has 1 N–H and O–H groups in total. The number of methoxy groups -OCH3 is 1. The van der Waals surface area contributed by atoms with Gasteiger partial charge in [-0.1, -0.05) is 29.8 Å². The zero-order valence-corrected chi connectivity index (χ0v) is 18.2. The fraction of sp³-hybridized carbons (Fsp3) is 0.167. The number of benzene rings is 3. The molecule has 1 aliphatic rings. The van der Waals surface area contributed by atoms with Crippen LogP contribution in [0.1, 0.15) is 33.4 Å². The number of hydrogen-bond acceptors (Lipinski definition) is 4. The first-order valence-corrected chi connectivity index (χ1v) is 10.5. The largest absolute Gasteiger partial charge is 0.467 e. The first kappa shape index (κ1) is 21.4. The van der Waals surface area contributed by atoms with Crippen LogP contribution in [0.3, 0.4) is 0 Å². The number of aromatic amines is 1. The van der Waals surface area contributed by atoms with E-state index in [1.807, 2.05) is 24.3 Å². The molecule has 9 heteroatoms. The number of amides is 1. The second kappa shape index (κ2) is 8.46. The van der Waals surface area contributed by atoms with E-state index in [-0.39, 0.29) is 23.9 Å². The van der Waals surface area contributed by atoms with Gasteiger partial charge in [0.15, 0.2) is 12.6 Å². The molecule has 5 rings (SSSR count). The van der Waals surface area contributed by atoms with Gasteiger partial charge in [-0.25, -0.2) is 13.8 Å². The molecule has 33 heavy (non-hydrogen) atoms. The molecule has 0 fully saturated rings. The van der Waals surface area contributed by atoms with Crippen LogP contribution in [0.2, 0.25) is 5.02 Å². The number of para-hydroxylation sites is 2. The summed E-state index contributed by atoms with van der Waals surface area (Å²) in [5.41, 5.74) is 2.15. The Labute approximate surface area is 192 Å². The van der Waals surface area contributed by atoms with Gasteiger partial charge in [0.1, 0.15) is 23.4 Å². The number of hydrogen-bond donors (Lipinski definition) is 1. The summed E-state index contributed by atoms with van der Waals surface area (Å²) < 4.78 is 39.9. The third-order valence-electron chi connectivity index (χ3n) is 5.57. The molecular formula is C24H18ClF2N3O3. The van der Waals surface area contributed by atoms with Crippen molar-refractivity contribution in [1.82, 2.24) is 14.9 Å². The lowest BCUT2D eigenvalue weighted by Gasteiger charge is -2.28. The number of carbonyl (C=O) groups excluding carboxylic acids is 1. The van der Waals surface area contributed by atoms with Crippen LogP contribution in [0.25, 0.3) is 11.0 Å². The Kier molecular flexibility index (Phi) is 5.47. The maximum absolute atomic E-state index is 14.8. The number of rotatable bonds is 6. The molecule has 6 nitrogen and oxygen atoms in total. The Morgan fingerprint density at radius 1 is 1.18 bits per heavy atom. The SMILES string of the molecule is COCOc1ccc(F)cc1C(c1nc2ccccc2[nH]1)N1Cc2ccc(Cl)c(F)c2C1=O. The second-order valence-corrected chi connectivity index (χ2v) is 8.01. The van der Waals surface area contributed by atoms with Crippen LogP contribution in [0.4, 0.5) is 8.78 Å². The Morgan fingerprint density at radius 3 is 2.79 bits per heavy atom. The van der Waals surface area contributed by atoms with Crippen molar-refractivity contribution in [3.05, 3.63) is 93.8 Å². The Hall–Kier alpha value is -3.49. The topological polar surface area (TPSA) is 67.5 Å². The molecule has 1 aromatic heterocycles. The summed E-state index contributed by atoms with van der Waals surface area (Å²) in [5.74, 6) is -1.17. The van der Waals surface area contributed by atoms with Gasteiger partial charge in [0.25, 0.3) is 5.91 Å². The maximum atomic E-state index is 14.8. The molecular weight excluding hydrogens is 452 g/mol. The molecule has 1 atom stereocenters. The average molecular weight is 470 g/mol. The number of fused-ring (bicyclic) bond motifs is 2. The van der Waals surface area contributed by atoms with Crippen molar-refractivity contribution in [2.45, 2.75) is 12.6 Å². The first-order valence-electron chi connectivity index (χ1n) is 10.1. The van der Waals surface area contributed by atoms with E-state index in [0.29, 0.717) is 28.2 Å². The third kappa shape index (κ3) is 3.71. The maximum Gasteiger partial charge on any atom is 0.258 e. The summed E-state index contributed by atoms with van der Waals surface area (Å²) in [6.07, 6.45) is 0. The van der Waals surface area contributed by atoms with E-state index >= 15 is 0 Å². The van der Waals surface area contributed by atoms with Crippen LogP contribution in [-0.2, 0) is 11.3 Å². The molecule has 4 aromatic rings. The molecule has 0 bridgehead atoms. The molecule has 1 amide bonds. The van der Waals surface area contributed by atoms with Crippen LogP contribution in [0.15, 0.2) is 54.6 Å². The van der Waals surface area contributed by atoms with E-state index in [9.17, 15) is 13.6 Å². The molecule has 0 saturated heterocycles. The quantitative estimate of drug-likeness (QED) is 0.393. The van der Waals surface area contributed by atoms with Gasteiger partial charge in [-0.3, -0.25) is 4.79 Å². The highest BCUT2D eigenvalue weighted by atomic mass is 35.5. The molecule has 0 aliphatic carbocycles. The minimum Gasteiger partial charge on any atom is -0.467 e. The summed E-state index contributed by atoms with van der Waals surface area (Å²) in [6.45, 7) is 0.00803. The highest BCUT2D eigenvalue weighted by Gasteiger charge is 2.39. The summed E-state index contributed by atoms with van der Waals surface area (Å²) in [6, 6.07) is 13.5. The van der Waals surface area contributed by atoms with Gasteiger partial charge in [-0.15, -0.1) is 0 Å². The first-order chi connectivity index (χ1) is 16.0. The highest BCUT2D eigenvalue weighted by Crippen LogP contribution is 2.40. The van der Waals surface area contributed by atoms with Gasteiger partial charge in [-0.05, 0) is 42.0 Å². The number of carbonyl (C=O) groups is 1. The highest BCUT2D eigenvalue weighted by molar-refractivity contribution is 6.31. The van der Waals surface area contributed by atoms with E-state index in [1.54, 1.807) is 6.07 Å². The van der Waals surface area contributed by atoms with Crippen LogP contribution < -0.4 is 4.74 Å². The predicted molar refractivity (Wildman–Crippen MR) is 118 cm³/mol. The number of nitrogens with zero attached hydrogens (tertiary/aromatic N) is 2. The molecule has 0 saturated carbocycles. The minimum atomic E-state index is -0.891. The number of H-pyrrole nitrogens is 1. The summed E-state index contributed by atoms with van der Waals surface area (Å²) in [4.78, 5) is 22.7. The smallest absolute Gasteiger partial charge is 0.258 e. The lowest BCUT2D eigenvalue weighted by molar-refractivity contribution is 0.0487. The number of ether oxygens (including phenoxy) is 2. The molecule has 0 radical (unpaired) electrons. The summed E-state index contributed by atoms with van der Waals surface area (Å²) >= 11 is 5.93. The molecule has 2 heterocycles. The number of imidazole rings is 1. The summed E-state index contributed by atoms with van der Waals surface area (Å²) in [7, 11) is 1.47. The normalized spacial score (nSPS) is 14.1. The fourth-order valence-electron chi connectivity index (χ4n) is 4.11. The zero-order chi connectivity index (χ0) is 23.1. The van der Waals surface area contributed by atoms with Gasteiger partial charge in [0, 0.05) is 19.2 Å². The summed E-state index contributed by atoms with van der Waals surface area (Å²) in [5, 5.41) is -0.140. The van der Waals surface area contributed by atoms with E-state index in [0.717, 1.165) is 5.52 Å². The monoisotopic (exact) mass is 469 g/mol. The standard InChI is InChI=1S/C24H18ClF2N3O3/c1-32-12-33-19-9-7-14(26)10-15(19)22(23-28-17-4-2-3-5-18(17)29-23)30-11-13-6-8-16(25)21(27)20(13)24(30)31/h2-10,22H,11-12H2,1H3,(H,28,29). The van der Waals surface area contributed by atoms with Crippen LogP contribution in [0, 0.1) is 11.6 Å². The van der Waals surface area contributed by atoms with Crippen molar-refractivity contribution in [2.24, 2.45) is 0 Å². The molecule has 1 unspecified atom stereocenters. The van der Waals surface area contributed by atoms with E-state index in [4.69, 9.17) is 21.1 Å². The lowest BCUT2D eigenvalue weighted by Crippen LogP contribution is -2.31. The lowest BCUT2D eigenvalue weighted by atomic mass is 10.0. The number of aromatic nitrogens is 2. The van der Waals surface area contributed by atoms with E-state index in [1.165, 1.54) is 36.3 Å². The molecule has 3 aromatic carbocycles. The van der Waals surface area contributed by atoms with Gasteiger partial charge in [0.2, 0.25) is 0 Å². The second-order valence-electron chi connectivity index (χ2n) is 7.60. The minimum absolute atomic E-state index is 0.0795. The van der Waals surface area contributed by atoms with E-state index < -0.39 is 23.6 Å². The number of halogens is 3. The van der Waals surface area contributed by atoms with E-state index in [2.05, 4.69) is 9.97 Å². The zero-order valence-electron chi connectivity index (χ0n) is 17.4. The van der Waals surface area contributed by atoms with Gasteiger partial charge < -0.3 is 19.4 Å². The van der Waals surface area contributed by atoms with Gasteiger partial charge in [0.05, 0.1) is 21.6 Å². The Bertz CT molecular complexity index is 1340. The Morgan fingerprint density at radius 2 is 2.00 bits per heavy atom. The van der Waals surface area contributed by atoms with Crippen LogP contribution in [0.5, 0.6) is 5.75 Å². The van der Waals surface area contributed by atoms with Crippen molar-refractivity contribution in [3.8, 4) is 5.75 Å². The Balaban J connectivity index is 1.69. The molecule has 0 spiro atoms. The van der Waals surface area contributed by atoms with Gasteiger partial charge >= 0.3 is 0 Å².